The molecule has 0 aliphatic heterocycles. The second-order valence-electron chi connectivity index (χ2n) is 4.58. The van der Waals surface area contributed by atoms with Crippen LogP contribution in [0.15, 0.2) is 0 Å². The number of hydrogen-bond acceptors (Lipinski definition) is 2. The second kappa shape index (κ2) is 7.24. The lowest BCUT2D eigenvalue weighted by atomic mass is 9.91. The van der Waals surface area contributed by atoms with Crippen LogP contribution in [0.2, 0.25) is 0 Å². The minimum atomic E-state index is 0.185. The highest BCUT2D eigenvalue weighted by Crippen LogP contribution is 2.17. The number of hydrogen-bond donors (Lipinski definition) is 1. The zero-order chi connectivity index (χ0) is 11.1. The first kappa shape index (κ1) is 13.9. The molecule has 3 unspecified atom stereocenters. The van der Waals surface area contributed by atoms with Gasteiger partial charge in [0.25, 0.3) is 0 Å². The molecule has 0 bridgehead atoms. The summed E-state index contributed by atoms with van der Waals surface area (Å²) >= 11 is 0. The lowest BCUT2D eigenvalue weighted by Gasteiger charge is -2.28. The van der Waals surface area contributed by atoms with Gasteiger partial charge in [-0.3, -0.25) is 0 Å². The molecule has 86 valence electrons. The van der Waals surface area contributed by atoms with Crippen molar-refractivity contribution in [1.29, 1.82) is 0 Å². The summed E-state index contributed by atoms with van der Waals surface area (Å²) in [7, 11) is 0. The molecule has 0 aliphatic carbocycles. The first-order valence-electron chi connectivity index (χ1n) is 5.90. The predicted octanol–water partition coefficient (Wildman–Crippen LogP) is 2.81. The van der Waals surface area contributed by atoms with Gasteiger partial charge < -0.3 is 10.5 Å². The van der Waals surface area contributed by atoms with Crippen LogP contribution in [-0.4, -0.2) is 18.8 Å². The lowest BCUT2D eigenvalue weighted by molar-refractivity contribution is 0.00774. The second-order valence-corrected chi connectivity index (χ2v) is 4.58. The molecule has 0 radical (unpaired) electrons. The van der Waals surface area contributed by atoms with E-state index in [-0.39, 0.29) is 12.1 Å². The summed E-state index contributed by atoms with van der Waals surface area (Å²) in [5.41, 5.74) is 6.16. The molecule has 0 aromatic rings. The summed E-state index contributed by atoms with van der Waals surface area (Å²) in [6.07, 6.45) is 2.48. The Morgan fingerprint density at radius 3 is 2.07 bits per heavy atom. The van der Waals surface area contributed by atoms with Gasteiger partial charge in [0.2, 0.25) is 0 Å². The highest BCUT2D eigenvalue weighted by atomic mass is 16.5. The quantitative estimate of drug-likeness (QED) is 0.687. The van der Waals surface area contributed by atoms with Crippen molar-refractivity contribution in [2.45, 2.75) is 59.6 Å². The van der Waals surface area contributed by atoms with Gasteiger partial charge in [-0.25, -0.2) is 0 Å². The molecular weight excluding hydrogens is 174 g/mol. The fourth-order valence-electron chi connectivity index (χ4n) is 1.77. The third-order valence-electron chi connectivity index (χ3n) is 2.81. The highest BCUT2D eigenvalue weighted by molar-refractivity contribution is 4.77. The van der Waals surface area contributed by atoms with E-state index in [4.69, 9.17) is 10.5 Å². The van der Waals surface area contributed by atoms with Gasteiger partial charge in [0.15, 0.2) is 0 Å². The molecule has 0 spiro atoms. The normalized spacial score (nSPS) is 18.2. The van der Waals surface area contributed by atoms with Gasteiger partial charge in [-0.05, 0) is 25.2 Å². The van der Waals surface area contributed by atoms with E-state index in [9.17, 15) is 0 Å². The van der Waals surface area contributed by atoms with Gasteiger partial charge in [-0.15, -0.1) is 0 Å². The molecule has 0 saturated heterocycles. The van der Waals surface area contributed by atoms with Gasteiger partial charge in [-0.1, -0.05) is 34.1 Å². The molecule has 0 amide bonds. The van der Waals surface area contributed by atoms with Crippen LogP contribution < -0.4 is 5.73 Å². The van der Waals surface area contributed by atoms with Gasteiger partial charge in [0.1, 0.15) is 0 Å². The highest BCUT2D eigenvalue weighted by Gasteiger charge is 2.22. The molecule has 0 heterocycles. The van der Waals surface area contributed by atoms with E-state index in [1.165, 1.54) is 6.42 Å². The first-order valence-corrected chi connectivity index (χ1v) is 5.90. The van der Waals surface area contributed by atoms with E-state index in [0.29, 0.717) is 11.8 Å². The SMILES string of the molecule is CCOC(C(C)C)C(N)CC(C)CC. The topological polar surface area (TPSA) is 35.2 Å². The van der Waals surface area contributed by atoms with Crippen LogP contribution >= 0.6 is 0 Å². The summed E-state index contributed by atoms with van der Waals surface area (Å²) in [5, 5.41) is 0. The molecule has 0 rings (SSSR count). The molecule has 3 atom stereocenters. The van der Waals surface area contributed by atoms with Crippen LogP contribution in [0.25, 0.3) is 0 Å². The maximum absolute atomic E-state index is 6.16. The number of nitrogens with two attached hydrogens (primary N) is 1. The maximum Gasteiger partial charge on any atom is 0.0748 e. The van der Waals surface area contributed by atoms with E-state index < -0.39 is 0 Å². The Kier molecular flexibility index (Phi) is 7.20. The Labute approximate surface area is 89.2 Å². The van der Waals surface area contributed by atoms with E-state index in [1.807, 2.05) is 6.92 Å². The molecule has 2 nitrogen and oxygen atoms in total. The van der Waals surface area contributed by atoms with Crippen molar-refractivity contribution in [2.75, 3.05) is 6.61 Å². The molecular formula is C12H27NO. The van der Waals surface area contributed by atoms with Crippen molar-refractivity contribution >= 4 is 0 Å². The van der Waals surface area contributed by atoms with Gasteiger partial charge >= 0.3 is 0 Å². The Hall–Kier alpha value is -0.0800. The smallest absolute Gasteiger partial charge is 0.0748 e. The Morgan fingerprint density at radius 2 is 1.71 bits per heavy atom. The maximum atomic E-state index is 6.16. The Morgan fingerprint density at radius 1 is 1.14 bits per heavy atom. The average molecular weight is 201 g/mol. The monoisotopic (exact) mass is 201 g/mol. The lowest BCUT2D eigenvalue weighted by Crippen LogP contribution is -2.41. The third-order valence-corrected chi connectivity index (χ3v) is 2.81. The zero-order valence-electron chi connectivity index (χ0n) is 10.4. The van der Waals surface area contributed by atoms with Crippen LogP contribution in [0.1, 0.15) is 47.5 Å². The molecule has 0 aromatic carbocycles. The minimum absolute atomic E-state index is 0.185. The number of ether oxygens (including phenoxy) is 1. The van der Waals surface area contributed by atoms with Crippen molar-refractivity contribution < 1.29 is 4.74 Å². The van der Waals surface area contributed by atoms with Gasteiger partial charge in [0, 0.05) is 12.6 Å². The average Bonchev–Trinajstić information content (AvgIpc) is 2.13. The van der Waals surface area contributed by atoms with Crippen LogP contribution in [-0.2, 0) is 4.74 Å². The third kappa shape index (κ3) is 4.97. The van der Waals surface area contributed by atoms with Crippen LogP contribution in [0.3, 0.4) is 0 Å². The molecule has 0 fully saturated rings. The predicted molar refractivity (Wildman–Crippen MR) is 62.3 cm³/mol. The Balaban J connectivity index is 4.07. The first-order chi connectivity index (χ1) is 6.52. The van der Waals surface area contributed by atoms with Crippen molar-refractivity contribution in [3.05, 3.63) is 0 Å². The van der Waals surface area contributed by atoms with Crippen molar-refractivity contribution in [1.82, 2.24) is 0 Å². The number of rotatable bonds is 7. The van der Waals surface area contributed by atoms with Crippen molar-refractivity contribution in [3.63, 3.8) is 0 Å². The molecule has 2 N–H and O–H groups in total. The largest absolute Gasteiger partial charge is 0.377 e. The summed E-state index contributed by atoms with van der Waals surface area (Å²) in [4.78, 5) is 0. The van der Waals surface area contributed by atoms with Crippen molar-refractivity contribution in [3.8, 4) is 0 Å². The molecule has 0 aromatic heterocycles. The van der Waals surface area contributed by atoms with E-state index in [1.54, 1.807) is 0 Å². The minimum Gasteiger partial charge on any atom is -0.377 e. The van der Waals surface area contributed by atoms with E-state index in [0.717, 1.165) is 13.0 Å². The standard InChI is InChI=1S/C12H27NO/c1-6-10(5)8-11(13)12(9(3)4)14-7-2/h9-12H,6-8,13H2,1-5H3. The van der Waals surface area contributed by atoms with Crippen LogP contribution in [0, 0.1) is 11.8 Å². The van der Waals surface area contributed by atoms with E-state index in [2.05, 4.69) is 27.7 Å². The fourth-order valence-corrected chi connectivity index (χ4v) is 1.77. The molecule has 2 heteroatoms. The Bertz CT molecular complexity index is 136. The summed E-state index contributed by atoms with van der Waals surface area (Å²) in [6, 6.07) is 0.185. The molecule has 14 heavy (non-hydrogen) atoms. The van der Waals surface area contributed by atoms with Crippen molar-refractivity contribution in [2.24, 2.45) is 17.6 Å². The zero-order valence-corrected chi connectivity index (χ0v) is 10.4. The molecule has 0 saturated carbocycles. The van der Waals surface area contributed by atoms with Gasteiger partial charge in [0.05, 0.1) is 6.10 Å². The van der Waals surface area contributed by atoms with Gasteiger partial charge in [-0.2, -0.15) is 0 Å². The van der Waals surface area contributed by atoms with Crippen LogP contribution in [0.5, 0.6) is 0 Å². The summed E-state index contributed by atoms with van der Waals surface area (Å²) in [6.45, 7) is 11.6. The van der Waals surface area contributed by atoms with E-state index >= 15 is 0 Å². The fraction of sp³-hybridized carbons (Fsp3) is 1.00. The van der Waals surface area contributed by atoms with Crippen LogP contribution in [0.4, 0.5) is 0 Å². The summed E-state index contributed by atoms with van der Waals surface area (Å²) in [5.74, 6) is 1.21. The molecule has 0 aliphatic rings. The summed E-state index contributed by atoms with van der Waals surface area (Å²) < 4.78 is 5.69.